The lowest BCUT2D eigenvalue weighted by atomic mass is 9.93. The third-order valence-electron chi connectivity index (χ3n) is 5.54. The van der Waals surface area contributed by atoms with Crippen LogP contribution in [-0.2, 0) is 11.3 Å². The lowest BCUT2D eigenvalue weighted by Crippen LogP contribution is -2.54. The molecule has 1 N–H and O–H groups in total. The van der Waals surface area contributed by atoms with Crippen molar-refractivity contribution in [1.82, 2.24) is 19.8 Å². The summed E-state index contributed by atoms with van der Waals surface area (Å²) in [6, 6.07) is 7.27. The van der Waals surface area contributed by atoms with E-state index < -0.39 is 0 Å². The van der Waals surface area contributed by atoms with Crippen LogP contribution < -0.4 is 10.9 Å². The number of aryl methyl sites for hydroxylation is 1. The zero-order chi connectivity index (χ0) is 19.4. The minimum atomic E-state index is -0.101. The van der Waals surface area contributed by atoms with Gasteiger partial charge in [-0.05, 0) is 51.3 Å². The maximum atomic E-state index is 12.5. The average Bonchev–Trinajstić information content (AvgIpc) is 2.66. The van der Waals surface area contributed by atoms with Crippen molar-refractivity contribution in [2.24, 2.45) is 5.92 Å². The Morgan fingerprint density at radius 1 is 1.33 bits per heavy atom. The summed E-state index contributed by atoms with van der Waals surface area (Å²) < 4.78 is 1.51. The second-order valence-electron chi connectivity index (χ2n) is 8.29. The first kappa shape index (κ1) is 19.5. The summed E-state index contributed by atoms with van der Waals surface area (Å²) >= 11 is 0. The Morgan fingerprint density at radius 3 is 2.89 bits per heavy atom. The van der Waals surface area contributed by atoms with Gasteiger partial charge >= 0.3 is 0 Å². The van der Waals surface area contributed by atoms with Gasteiger partial charge < -0.3 is 5.32 Å². The molecule has 146 valence electrons. The fourth-order valence-electron chi connectivity index (χ4n) is 3.74. The van der Waals surface area contributed by atoms with E-state index >= 15 is 0 Å². The lowest BCUT2D eigenvalue weighted by molar-refractivity contribution is -0.122. The molecule has 2 heterocycles. The van der Waals surface area contributed by atoms with Crippen LogP contribution in [0.5, 0.6) is 0 Å². The van der Waals surface area contributed by atoms with Gasteiger partial charge in [0.2, 0.25) is 5.91 Å². The van der Waals surface area contributed by atoms with E-state index in [0.717, 1.165) is 13.1 Å². The van der Waals surface area contributed by atoms with Crippen molar-refractivity contribution >= 4 is 16.8 Å². The number of nitrogens with zero attached hydrogens (tertiary/aromatic N) is 3. The SMILES string of the molecule is CC1CCCN(C(C)(C)CNC(=O)CCn2cnc3ccccc3c2=O)C1. The normalized spacial score (nSPS) is 18.6. The molecular formula is C21H30N4O2. The van der Waals surface area contributed by atoms with Crippen molar-refractivity contribution < 1.29 is 4.79 Å². The standard InChI is InChI=1S/C21H30N4O2/c1-16-7-6-11-25(13-16)21(2,3)14-22-19(26)10-12-24-15-23-18-9-5-4-8-17(18)20(24)27/h4-5,8-9,15-16H,6-7,10-14H2,1-3H3,(H,22,26). The number of carbonyl (C=O) groups is 1. The van der Waals surface area contributed by atoms with Gasteiger partial charge in [-0.25, -0.2) is 4.98 Å². The van der Waals surface area contributed by atoms with E-state index in [1.807, 2.05) is 18.2 Å². The Labute approximate surface area is 160 Å². The molecule has 1 amide bonds. The first-order valence-corrected chi connectivity index (χ1v) is 9.83. The molecule has 1 atom stereocenters. The number of hydrogen-bond donors (Lipinski definition) is 1. The van der Waals surface area contributed by atoms with Gasteiger partial charge in [0, 0.05) is 31.6 Å². The first-order chi connectivity index (χ1) is 12.9. The maximum Gasteiger partial charge on any atom is 0.261 e. The van der Waals surface area contributed by atoms with Gasteiger partial charge in [-0.1, -0.05) is 19.1 Å². The summed E-state index contributed by atoms with van der Waals surface area (Å²) in [5.74, 6) is 0.675. The van der Waals surface area contributed by atoms with Gasteiger partial charge in [-0.15, -0.1) is 0 Å². The van der Waals surface area contributed by atoms with E-state index in [1.165, 1.54) is 23.7 Å². The van der Waals surface area contributed by atoms with Gasteiger partial charge in [-0.2, -0.15) is 0 Å². The van der Waals surface area contributed by atoms with Crippen LogP contribution >= 0.6 is 0 Å². The third kappa shape index (κ3) is 4.75. The van der Waals surface area contributed by atoms with Crippen LogP contribution in [0.25, 0.3) is 10.9 Å². The fraction of sp³-hybridized carbons (Fsp3) is 0.571. The Hall–Kier alpha value is -2.21. The lowest BCUT2D eigenvalue weighted by Gasteiger charge is -2.43. The van der Waals surface area contributed by atoms with E-state index in [9.17, 15) is 9.59 Å². The quantitative estimate of drug-likeness (QED) is 0.848. The summed E-state index contributed by atoms with van der Waals surface area (Å²) in [6.45, 7) is 9.78. The van der Waals surface area contributed by atoms with Crippen LogP contribution in [0.4, 0.5) is 0 Å². The second-order valence-corrected chi connectivity index (χ2v) is 8.29. The number of aromatic nitrogens is 2. The molecule has 1 unspecified atom stereocenters. The average molecular weight is 370 g/mol. The number of fused-ring (bicyclic) bond motifs is 1. The highest BCUT2D eigenvalue weighted by molar-refractivity contribution is 5.77. The van der Waals surface area contributed by atoms with E-state index in [4.69, 9.17) is 0 Å². The minimum absolute atomic E-state index is 0.0341. The first-order valence-electron chi connectivity index (χ1n) is 9.83. The number of piperidine rings is 1. The molecular weight excluding hydrogens is 340 g/mol. The van der Waals surface area contributed by atoms with Crippen LogP contribution in [0.1, 0.15) is 40.0 Å². The molecule has 0 bridgehead atoms. The highest BCUT2D eigenvalue weighted by atomic mass is 16.2. The van der Waals surface area contributed by atoms with Crippen molar-refractivity contribution in [2.45, 2.75) is 52.1 Å². The van der Waals surface area contributed by atoms with Gasteiger partial charge in [0.25, 0.3) is 5.56 Å². The maximum absolute atomic E-state index is 12.5. The van der Waals surface area contributed by atoms with Crippen LogP contribution in [0, 0.1) is 5.92 Å². The zero-order valence-electron chi connectivity index (χ0n) is 16.6. The monoisotopic (exact) mass is 370 g/mol. The molecule has 0 radical (unpaired) electrons. The van der Waals surface area contributed by atoms with E-state index in [0.29, 0.717) is 29.9 Å². The van der Waals surface area contributed by atoms with E-state index in [-0.39, 0.29) is 23.4 Å². The number of para-hydroxylation sites is 1. The number of rotatable bonds is 6. The number of likely N-dealkylation sites (tertiary alicyclic amines) is 1. The smallest absolute Gasteiger partial charge is 0.261 e. The van der Waals surface area contributed by atoms with Crippen molar-refractivity contribution in [1.29, 1.82) is 0 Å². The van der Waals surface area contributed by atoms with Gasteiger partial charge in [-0.3, -0.25) is 19.1 Å². The number of nitrogens with one attached hydrogen (secondary N) is 1. The molecule has 1 aliphatic rings. The molecule has 0 aliphatic carbocycles. The molecule has 3 rings (SSSR count). The number of amides is 1. The molecule has 27 heavy (non-hydrogen) atoms. The molecule has 1 aliphatic heterocycles. The second kappa shape index (κ2) is 8.21. The number of carbonyl (C=O) groups excluding carboxylic acids is 1. The third-order valence-corrected chi connectivity index (χ3v) is 5.54. The van der Waals surface area contributed by atoms with Gasteiger partial charge in [0.05, 0.1) is 17.2 Å². The summed E-state index contributed by atoms with van der Waals surface area (Å²) in [4.78, 5) is 31.6. The summed E-state index contributed by atoms with van der Waals surface area (Å²) in [5, 5.41) is 3.63. The topological polar surface area (TPSA) is 67.2 Å². The Morgan fingerprint density at radius 2 is 2.11 bits per heavy atom. The summed E-state index contributed by atoms with van der Waals surface area (Å²) in [6.07, 6.45) is 4.30. The number of benzene rings is 1. The highest BCUT2D eigenvalue weighted by Gasteiger charge is 2.30. The highest BCUT2D eigenvalue weighted by Crippen LogP contribution is 2.23. The fourth-order valence-corrected chi connectivity index (χ4v) is 3.74. The molecule has 1 fully saturated rings. The molecule has 1 aromatic heterocycles. The Bertz CT molecular complexity index is 859. The molecule has 6 heteroatoms. The largest absolute Gasteiger partial charge is 0.354 e. The summed E-state index contributed by atoms with van der Waals surface area (Å²) in [5.41, 5.74) is 0.517. The minimum Gasteiger partial charge on any atom is -0.354 e. The predicted octanol–water partition coefficient (Wildman–Crippen LogP) is 2.41. The van der Waals surface area contributed by atoms with Crippen LogP contribution in [-0.4, -0.2) is 45.5 Å². The Kier molecular flexibility index (Phi) is 5.95. The Balaban J connectivity index is 1.54. The van der Waals surface area contributed by atoms with Crippen molar-refractivity contribution in [2.75, 3.05) is 19.6 Å². The van der Waals surface area contributed by atoms with E-state index in [1.54, 1.807) is 6.07 Å². The van der Waals surface area contributed by atoms with E-state index in [2.05, 4.69) is 36.0 Å². The molecule has 6 nitrogen and oxygen atoms in total. The zero-order valence-corrected chi connectivity index (χ0v) is 16.6. The predicted molar refractivity (Wildman–Crippen MR) is 108 cm³/mol. The van der Waals surface area contributed by atoms with Crippen LogP contribution in [0.3, 0.4) is 0 Å². The van der Waals surface area contributed by atoms with Gasteiger partial charge in [0.1, 0.15) is 0 Å². The molecule has 0 spiro atoms. The number of hydrogen-bond acceptors (Lipinski definition) is 4. The van der Waals surface area contributed by atoms with Crippen molar-refractivity contribution in [3.63, 3.8) is 0 Å². The molecule has 1 saturated heterocycles. The van der Waals surface area contributed by atoms with Crippen molar-refractivity contribution in [3.05, 3.63) is 40.9 Å². The summed E-state index contributed by atoms with van der Waals surface area (Å²) in [7, 11) is 0. The molecule has 0 saturated carbocycles. The molecule has 1 aromatic carbocycles. The van der Waals surface area contributed by atoms with Crippen LogP contribution in [0.2, 0.25) is 0 Å². The molecule has 2 aromatic rings. The van der Waals surface area contributed by atoms with Crippen LogP contribution in [0.15, 0.2) is 35.4 Å². The van der Waals surface area contributed by atoms with Crippen molar-refractivity contribution in [3.8, 4) is 0 Å². The van der Waals surface area contributed by atoms with Gasteiger partial charge in [0.15, 0.2) is 0 Å².